The standard InChI is InChI=1S/C13H22N4O2/c1-4-10(5-2)17(6-7-18)13(19)11-8-16-12(14-3)9-15-11/h8-10,18H,4-7H2,1-3H3,(H,14,16). The number of aromatic nitrogens is 2. The second-order valence-electron chi connectivity index (χ2n) is 4.23. The van der Waals surface area contributed by atoms with E-state index in [-0.39, 0.29) is 18.6 Å². The zero-order chi connectivity index (χ0) is 14.3. The second-order valence-corrected chi connectivity index (χ2v) is 4.23. The fourth-order valence-electron chi connectivity index (χ4n) is 2.00. The van der Waals surface area contributed by atoms with Gasteiger partial charge in [-0.1, -0.05) is 13.8 Å². The number of aliphatic hydroxyl groups is 1. The van der Waals surface area contributed by atoms with Crippen molar-refractivity contribution < 1.29 is 9.90 Å². The molecule has 1 rings (SSSR count). The van der Waals surface area contributed by atoms with E-state index >= 15 is 0 Å². The molecule has 0 aromatic carbocycles. The lowest BCUT2D eigenvalue weighted by molar-refractivity contribution is 0.0616. The fraction of sp³-hybridized carbons (Fsp3) is 0.615. The molecule has 19 heavy (non-hydrogen) atoms. The lowest BCUT2D eigenvalue weighted by Gasteiger charge is -2.29. The number of carbonyl (C=O) groups excluding carboxylic acids is 1. The third-order valence-corrected chi connectivity index (χ3v) is 3.11. The maximum absolute atomic E-state index is 12.4. The minimum absolute atomic E-state index is 0.0513. The van der Waals surface area contributed by atoms with Gasteiger partial charge in [0.2, 0.25) is 0 Å². The van der Waals surface area contributed by atoms with Crippen molar-refractivity contribution >= 4 is 11.7 Å². The van der Waals surface area contributed by atoms with Crippen LogP contribution in [0.5, 0.6) is 0 Å². The van der Waals surface area contributed by atoms with E-state index in [0.29, 0.717) is 18.1 Å². The van der Waals surface area contributed by atoms with E-state index in [4.69, 9.17) is 5.11 Å². The molecule has 0 aliphatic heterocycles. The van der Waals surface area contributed by atoms with Gasteiger partial charge in [0.05, 0.1) is 19.0 Å². The first-order chi connectivity index (χ1) is 9.17. The van der Waals surface area contributed by atoms with Crippen molar-refractivity contribution in [3.63, 3.8) is 0 Å². The molecule has 0 aliphatic carbocycles. The van der Waals surface area contributed by atoms with Crippen molar-refractivity contribution in [2.45, 2.75) is 32.7 Å². The van der Waals surface area contributed by atoms with Crippen molar-refractivity contribution in [2.24, 2.45) is 0 Å². The third-order valence-electron chi connectivity index (χ3n) is 3.11. The van der Waals surface area contributed by atoms with E-state index in [9.17, 15) is 4.79 Å². The van der Waals surface area contributed by atoms with E-state index < -0.39 is 0 Å². The van der Waals surface area contributed by atoms with Gasteiger partial charge < -0.3 is 15.3 Å². The van der Waals surface area contributed by atoms with Gasteiger partial charge in [-0.3, -0.25) is 4.79 Å². The molecule has 0 saturated carbocycles. The van der Waals surface area contributed by atoms with Crippen LogP contribution in [0.15, 0.2) is 12.4 Å². The highest BCUT2D eigenvalue weighted by molar-refractivity contribution is 5.92. The normalized spacial score (nSPS) is 10.6. The van der Waals surface area contributed by atoms with Crippen LogP contribution in [0.1, 0.15) is 37.2 Å². The number of nitrogens with one attached hydrogen (secondary N) is 1. The van der Waals surface area contributed by atoms with Crippen molar-refractivity contribution in [3.8, 4) is 0 Å². The van der Waals surface area contributed by atoms with E-state index in [1.54, 1.807) is 11.9 Å². The van der Waals surface area contributed by atoms with Crippen molar-refractivity contribution in [1.82, 2.24) is 14.9 Å². The Morgan fingerprint density at radius 3 is 2.47 bits per heavy atom. The first-order valence-corrected chi connectivity index (χ1v) is 6.59. The Kier molecular flexibility index (Phi) is 6.21. The number of rotatable bonds is 7. The second kappa shape index (κ2) is 7.68. The minimum atomic E-state index is -0.182. The Balaban J connectivity index is 2.91. The Morgan fingerprint density at radius 2 is 2.05 bits per heavy atom. The van der Waals surface area contributed by atoms with Crippen molar-refractivity contribution in [1.29, 1.82) is 0 Å². The van der Waals surface area contributed by atoms with Crippen LogP contribution in [-0.2, 0) is 0 Å². The number of hydrogen-bond donors (Lipinski definition) is 2. The van der Waals surface area contributed by atoms with Gasteiger partial charge in [-0.25, -0.2) is 9.97 Å². The van der Waals surface area contributed by atoms with E-state index in [0.717, 1.165) is 12.8 Å². The number of amides is 1. The summed E-state index contributed by atoms with van der Waals surface area (Å²) in [5.41, 5.74) is 0.305. The fourth-order valence-corrected chi connectivity index (χ4v) is 2.00. The van der Waals surface area contributed by atoms with Gasteiger partial charge in [-0.05, 0) is 12.8 Å². The maximum Gasteiger partial charge on any atom is 0.274 e. The molecule has 0 fully saturated rings. The molecule has 2 N–H and O–H groups in total. The summed E-state index contributed by atoms with van der Waals surface area (Å²) in [7, 11) is 1.74. The van der Waals surface area contributed by atoms with Gasteiger partial charge in [0.25, 0.3) is 5.91 Å². The molecule has 1 amide bonds. The Labute approximate surface area is 113 Å². The predicted molar refractivity (Wildman–Crippen MR) is 74.1 cm³/mol. The number of anilines is 1. The molecule has 1 aromatic heterocycles. The van der Waals surface area contributed by atoms with Gasteiger partial charge >= 0.3 is 0 Å². The number of hydrogen-bond acceptors (Lipinski definition) is 5. The van der Waals surface area contributed by atoms with Crippen molar-refractivity contribution in [3.05, 3.63) is 18.1 Å². The van der Waals surface area contributed by atoms with Gasteiger partial charge in [-0.2, -0.15) is 0 Å². The van der Waals surface area contributed by atoms with Gasteiger partial charge in [0.15, 0.2) is 0 Å². The van der Waals surface area contributed by atoms with Crippen LogP contribution in [0.25, 0.3) is 0 Å². The summed E-state index contributed by atoms with van der Waals surface area (Å²) in [6.07, 6.45) is 4.69. The number of nitrogens with zero attached hydrogens (tertiary/aromatic N) is 3. The molecule has 0 unspecified atom stereocenters. The predicted octanol–water partition coefficient (Wildman–Crippen LogP) is 1.14. The van der Waals surface area contributed by atoms with Gasteiger partial charge in [0, 0.05) is 19.6 Å². The number of carbonyl (C=O) groups is 1. The molecule has 106 valence electrons. The zero-order valence-electron chi connectivity index (χ0n) is 11.8. The lowest BCUT2D eigenvalue weighted by Crippen LogP contribution is -2.42. The van der Waals surface area contributed by atoms with Crippen LogP contribution in [-0.4, -0.2) is 52.1 Å². The van der Waals surface area contributed by atoms with E-state index in [1.807, 2.05) is 13.8 Å². The average molecular weight is 266 g/mol. The molecule has 0 atom stereocenters. The average Bonchev–Trinajstić information content (AvgIpc) is 2.47. The highest BCUT2D eigenvalue weighted by Gasteiger charge is 2.23. The van der Waals surface area contributed by atoms with E-state index in [2.05, 4.69) is 15.3 Å². The molecule has 0 saturated heterocycles. The summed E-state index contributed by atoms with van der Waals surface area (Å²) >= 11 is 0. The molecule has 1 heterocycles. The van der Waals surface area contributed by atoms with Crippen LogP contribution >= 0.6 is 0 Å². The van der Waals surface area contributed by atoms with Crippen LogP contribution < -0.4 is 5.32 Å². The first-order valence-electron chi connectivity index (χ1n) is 6.59. The molecular formula is C13H22N4O2. The summed E-state index contributed by atoms with van der Waals surface area (Å²) < 4.78 is 0. The molecule has 6 nitrogen and oxygen atoms in total. The Morgan fingerprint density at radius 1 is 1.37 bits per heavy atom. The smallest absolute Gasteiger partial charge is 0.274 e. The number of aliphatic hydroxyl groups excluding tert-OH is 1. The first kappa shape index (κ1) is 15.4. The van der Waals surface area contributed by atoms with Crippen LogP contribution in [0, 0.1) is 0 Å². The highest BCUT2D eigenvalue weighted by Crippen LogP contribution is 2.12. The summed E-state index contributed by atoms with van der Waals surface area (Å²) in [5.74, 6) is 0.436. The summed E-state index contributed by atoms with van der Waals surface area (Å²) in [6.45, 7) is 4.33. The molecule has 0 radical (unpaired) electrons. The third kappa shape index (κ3) is 3.89. The summed E-state index contributed by atoms with van der Waals surface area (Å²) in [6, 6.07) is 0.116. The maximum atomic E-state index is 12.4. The summed E-state index contributed by atoms with van der Waals surface area (Å²) in [5, 5.41) is 12.0. The Hall–Kier alpha value is -1.69. The molecule has 1 aromatic rings. The lowest BCUT2D eigenvalue weighted by atomic mass is 10.1. The summed E-state index contributed by atoms with van der Waals surface area (Å²) in [4.78, 5) is 22.2. The van der Waals surface area contributed by atoms with Gasteiger partial charge in [-0.15, -0.1) is 0 Å². The molecule has 0 spiro atoms. The minimum Gasteiger partial charge on any atom is -0.395 e. The largest absolute Gasteiger partial charge is 0.395 e. The van der Waals surface area contributed by atoms with Crippen molar-refractivity contribution in [2.75, 3.05) is 25.5 Å². The van der Waals surface area contributed by atoms with Crippen LogP contribution in [0.3, 0.4) is 0 Å². The SMILES string of the molecule is CCC(CC)N(CCO)C(=O)c1cnc(NC)cn1. The molecule has 6 heteroatoms. The van der Waals surface area contributed by atoms with Crippen LogP contribution in [0.4, 0.5) is 5.82 Å². The topological polar surface area (TPSA) is 78.3 Å². The van der Waals surface area contributed by atoms with Gasteiger partial charge in [0.1, 0.15) is 11.5 Å². The Bertz CT molecular complexity index is 390. The molecule has 0 bridgehead atoms. The zero-order valence-corrected chi connectivity index (χ0v) is 11.8. The van der Waals surface area contributed by atoms with Crippen LogP contribution in [0.2, 0.25) is 0 Å². The monoisotopic (exact) mass is 266 g/mol. The molecular weight excluding hydrogens is 244 g/mol. The molecule has 0 aliphatic rings. The highest BCUT2D eigenvalue weighted by atomic mass is 16.3. The quantitative estimate of drug-likeness (QED) is 0.774. The van der Waals surface area contributed by atoms with E-state index in [1.165, 1.54) is 12.4 Å².